The molecule has 1 aromatic carbocycles. The standard InChI is InChI=1S/C15H24N2/c1-12(2)6-7-14-8-9-15(13(3)10-14)16-11-17(4)5/h8-12H,6-7H2,1-5H3. The van der Waals surface area contributed by atoms with Crippen molar-refractivity contribution in [2.24, 2.45) is 10.9 Å². The van der Waals surface area contributed by atoms with Crippen LogP contribution in [0.3, 0.4) is 0 Å². The normalized spacial score (nSPS) is 11.4. The topological polar surface area (TPSA) is 15.6 Å². The van der Waals surface area contributed by atoms with Crippen LogP contribution in [0.2, 0.25) is 0 Å². The van der Waals surface area contributed by atoms with Crippen LogP contribution >= 0.6 is 0 Å². The van der Waals surface area contributed by atoms with Gasteiger partial charge in [0.15, 0.2) is 0 Å². The summed E-state index contributed by atoms with van der Waals surface area (Å²) < 4.78 is 0. The monoisotopic (exact) mass is 232 g/mol. The summed E-state index contributed by atoms with van der Waals surface area (Å²) in [6, 6.07) is 6.56. The molecule has 0 bridgehead atoms. The summed E-state index contributed by atoms with van der Waals surface area (Å²) in [5.74, 6) is 0.766. The van der Waals surface area contributed by atoms with E-state index < -0.39 is 0 Å². The molecule has 0 fully saturated rings. The van der Waals surface area contributed by atoms with E-state index in [-0.39, 0.29) is 0 Å². The van der Waals surface area contributed by atoms with Gasteiger partial charge in [-0.1, -0.05) is 26.0 Å². The van der Waals surface area contributed by atoms with Crippen LogP contribution in [0.5, 0.6) is 0 Å². The van der Waals surface area contributed by atoms with Crippen LogP contribution in [-0.4, -0.2) is 25.3 Å². The number of benzene rings is 1. The minimum Gasteiger partial charge on any atom is -0.369 e. The highest BCUT2D eigenvalue weighted by Crippen LogP contribution is 2.20. The number of hydrogen-bond acceptors (Lipinski definition) is 1. The quantitative estimate of drug-likeness (QED) is 0.557. The molecule has 0 heterocycles. The van der Waals surface area contributed by atoms with Crippen molar-refractivity contribution in [1.82, 2.24) is 4.90 Å². The average molecular weight is 232 g/mol. The molecular weight excluding hydrogens is 208 g/mol. The van der Waals surface area contributed by atoms with Crippen LogP contribution in [0, 0.1) is 12.8 Å². The summed E-state index contributed by atoms with van der Waals surface area (Å²) in [7, 11) is 3.96. The maximum Gasteiger partial charge on any atom is 0.0907 e. The molecule has 0 aliphatic heterocycles. The van der Waals surface area contributed by atoms with E-state index in [4.69, 9.17) is 0 Å². The maximum atomic E-state index is 4.44. The van der Waals surface area contributed by atoms with Crippen molar-refractivity contribution in [1.29, 1.82) is 0 Å². The number of hydrogen-bond donors (Lipinski definition) is 0. The maximum absolute atomic E-state index is 4.44. The number of nitrogens with zero attached hydrogens (tertiary/aromatic N) is 2. The number of aryl methyl sites for hydroxylation is 2. The summed E-state index contributed by atoms with van der Waals surface area (Å²) in [5, 5.41) is 0. The summed E-state index contributed by atoms with van der Waals surface area (Å²) >= 11 is 0. The summed E-state index contributed by atoms with van der Waals surface area (Å²) in [4.78, 5) is 6.39. The Kier molecular flexibility index (Phi) is 5.20. The first-order chi connectivity index (χ1) is 7.99. The molecule has 2 heteroatoms. The molecule has 0 saturated carbocycles. The van der Waals surface area contributed by atoms with Gasteiger partial charge in [-0.25, -0.2) is 4.99 Å². The van der Waals surface area contributed by atoms with Gasteiger partial charge in [-0.05, 0) is 42.9 Å². The lowest BCUT2D eigenvalue weighted by atomic mass is 10.0. The predicted molar refractivity (Wildman–Crippen MR) is 76.2 cm³/mol. The highest BCUT2D eigenvalue weighted by Gasteiger charge is 2.00. The van der Waals surface area contributed by atoms with E-state index in [1.165, 1.54) is 17.5 Å². The molecule has 0 aliphatic rings. The van der Waals surface area contributed by atoms with Crippen LogP contribution in [0.15, 0.2) is 23.2 Å². The van der Waals surface area contributed by atoms with Crippen LogP contribution in [0.1, 0.15) is 31.4 Å². The minimum atomic E-state index is 0.766. The van der Waals surface area contributed by atoms with Crippen molar-refractivity contribution < 1.29 is 0 Å². The average Bonchev–Trinajstić information content (AvgIpc) is 2.24. The van der Waals surface area contributed by atoms with Gasteiger partial charge in [0.05, 0.1) is 12.0 Å². The second-order valence-electron chi connectivity index (χ2n) is 5.26. The molecule has 0 spiro atoms. The van der Waals surface area contributed by atoms with E-state index in [1.807, 2.05) is 25.3 Å². The fourth-order valence-electron chi connectivity index (χ4n) is 1.65. The fourth-order valence-corrected chi connectivity index (χ4v) is 1.65. The molecule has 17 heavy (non-hydrogen) atoms. The Balaban J connectivity index is 2.72. The Labute approximate surface area is 105 Å². The van der Waals surface area contributed by atoms with Gasteiger partial charge in [-0.2, -0.15) is 0 Å². The van der Waals surface area contributed by atoms with Crippen molar-refractivity contribution in [3.8, 4) is 0 Å². The van der Waals surface area contributed by atoms with E-state index in [0.717, 1.165) is 18.0 Å². The van der Waals surface area contributed by atoms with Gasteiger partial charge < -0.3 is 4.90 Å². The number of rotatable bonds is 5. The Hall–Kier alpha value is -1.31. The molecule has 94 valence electrons. The lowest BCUT2D eigenvalue weighted by molar-refractivity contribution is 0.586. The Bertz CT molecular complexity index is 379. The van der Waals surface area contributed by atoms with Gasteiger partial charge in [0.2, 0.25) is 0 Å². The first-order valence-corrected chi connectivity index (χ1v) is 6.29. The van der Waals surface area contributed by atoms with Gasteiger partial charge >= 0.3 is 0 Å². The fraction of sp³-hybridized carbons (Fsp3) is 0.533. The van der Waals surface area contributed by atoms with Crippen molar-refractivity contribution in [2.45, 2.75) is 33.6 Å². The Morgan fingerprint density at radius 2 is 2.00 bits per heavy atom. The smallest absolute Gasteiger partial charge is 0.0907 e. The van der Waals surface area contributed by atoms with Gasteiger partial charge in [-0.3, -0.25) is 0 Å². The third kappa shape index (κ3) is 5.03. The first kappa shape index (κ1) is 13.8. The minimum absolute atomic E-state index is 0.766. The molecule has 2 nitrogen and oxygen atoms in total. The third-order valence-corrected chi connectivity index (χ3v) is 2.70. The van der Waals surface area contributed by atoms with Crippen LogP contribution < -0.4 is 0 Å². The molecule has 0 aromatic heterocycles. The van der Waals surface area contributed by atoms with Crippen molar-refractivity contribution >= 4 is 12.0 Å². The summed E-state index contributed by atoms with van der Waals surface area (Å²) in [6.45, 7) is 6.66. The SMILES string of the molecule is Cc1cc(CCC(C)C)ccc1N=CN(C)C. The molecule has 0 aliphatic carbocycles. The summed E-state index contributed by atoms with van der Waals surface area (Å²) in [5.41, 5.74) is 3.73. The zero-order chi connectivity index (χ0) is 12.8. The van der Waals surface area contributed by atoms with E-state index >= 15 is 0 Å². The third-order valence-electron chi connectivity index (χ3n) is 2.70. The lowest BCUT2D eigenvalue weighted by Crippen LogP contribution is -2.07. The highest BCUT2D eigenvalue weighted by molar-refractivity contribution is 5.62. The van der Waals surface area contributed by atoms with Gasteiger partial charge in [-0.15, -0.1) is 0 Å². The Morgan fingerprint density at radius 1 is 1.29 bits per heavy atom. The molecule has 1 rings (SSSR count). The molecule has 0 radical (unpaired) electrons. The summed E-state index contributed by atoms with van der Waals surface area (Å²) in [6.07, 6.45) is 4.26. The first-order valence-electron chi connectivity index (χ1n) is 6.29. The van der Waals surface area contributed by atoms with E-state index in [2.05, 4.69) is 44.0 Å². The van der Waals surface area contributed by atoms with E-state index in [0.29, 0.717) is 0 Å². The Morgan fingerprint density at radius 3 is 2.53 bits per heavy atom. The van der Waals surface area contributed by atoms with Crippen molar-refractivity contribution in [3.63, 3.8) is 0 Å². The van der Waals surface area contributed by atoms with Crippen molar-refractivity contribution in [2.75, 3.05) is 14.1 Å². The van der Waals surface area contributed by atoms with E-state index in [1.54, 1.807) is 0 Å². The lowest BCUT2D eigenvalue weighted by Gasteiger charge is -2.08. The second-order valence-corrected chi connectivity index (χ2v) is 5.26. The highest BCUT2D eigenvalue weighted by atomic mass is 15.1. The van der Waals surface area contributed by atoms with Crippen molar-refractivity contribution in [3.05, 3.63) is 29.3 Å². The predicted octanol–water partition coefficient (Wildman–Crippen LogP) is 3.81. The van der Waals surface area contributed by atoms with Gasteiger partial charge in [0, 0.05) is 14.1 Å². The van der Waals surface area contributed by atoms with Crippen LogP contribution in [0.4, 0.5) is 5.69 Å². The molecule has 0 N–H and O–H groups in total. The largest absolute Gasteiger partial charge is 0.369 e. The molecule has 0 saturated heterocycles. The molecule has 0 unspecified atom stereocenters. The zero-order valence-electron chi connectivity index (χ0n) is 11.7. The zero-order valence-corrected chi connectivity index (χ0v) is 11.7. The van der Waals surface area contributed by atoms with Crippen LogP contribution in [0.25, 0.3) is 0 Å². The molecule has 0 amide bonds. The van der Waals surface area contributed by atoms with Gasteiger partial charge in [0.1, 0.15) is 0 Å². The van der Waals surface area contributed by atoms with E-state index in [9.17, 15) is 0 Å². The molecule has 1 aromatic rings. The molecular formula is C15H24N2. The number of aliphatic imine (C=N–C) groups is 1. The van der Waals surface area contributed by atoms with Gasteiger partial charge in [0.25, 0.3) is 0 Å². The molecule has 0 atom stereocenters. The second kappa shape index (κ2) is 6.43. The van der Waals surface area contributed by atoms with Crippen LogP contribution in [-0.2, 0) is 6.42 Å².